The number of rotatable bonds is 0. The van der Waals surface area contributed by atoms with Gasteiger partial charge in [-0.05, 0) is 11.6 Å². The summed E-state index contributed by atoms with van der Waals surface area (Å²) in [4.78, 5) is 19.1. The van der Waals surface area contributed by atoms with Crippen molar-refractivity contribution in [1.82, 2.24) is 19.1 Å². The second kappa shape index (κ2) is 2.71. The quantitative estimate of drug-likeness (QED) is 0.620. The molecule has 0 fully saturated rings. The van der Waals surface area contributed by atoms with Crippen LogP contribution in [0.25, 0.3) is 11.2 Å². The molecule has 0 unspecified atom stereocenters. The minimum Gasteiger partial charge on any atom is -0.369 e. The molecule has 2 N–H and O–H groups in total. The Morgan fingerprint density at radius 1 is 1.29 bits per heavy atom. The molecule has 0 aliphatic rings. The predicted octanol–water partition coefficient (Wildman–Crippen LogP) is -0.0974. The minimum absolute atomic E-state index is 0.122. The van der Waals surface area contributed by atoms with E-state index in [2.05, 4.69) is 9.97 Å². The molecule has 0 atom stereocenters. The van der Waals surface area contributed by atoms with Crippen LogP contribution in [0.15, 0.2) is 4.79 Å². The second-order valence-corrected chi connectivity index (χ2v) is 3.28. The Labute approximate surface area is 83.9 Å². The van der Waals surface area contributed by atoms with E-state index in [4.69, 9.17) is 17.3 Å². The van der Waals surface area contributed by atoms with Crippen molar-refractivity contribution in [2.75, 3.05) is 5.73 Å². The van der Waals surface area contributed by atoms with Crippen LogP contribution >= 0.6 is 11.6 Å². The standard InChI is InChI=1S/C7H8ClN5O/c1-12-3-4(10-6(12)8)13(2)7(9)11-5(3)14/h1-2H3,(H2,9,11,14). The molecule has 2 aromatic rings. The van der Waals surface area contributed by atoms with E-state index in [1.165, 1.54) is 9.13 Å². The zero-order valence-electron chi connectivity index (χ0n) is 7.65. The molecule has 7 heteroatoms. The third-order valence-corrected chi connectivity index (χ3v) is 2.44. The summed E-state index contributed by atoms with van der Waals surface area (Å²) in [6.07, 6.45) is 0. The van der Waals surface area contributed by atoms with Crippen molar-refractivity contribution in [2.24, 2.45) is 14.1 Å². The lowest BCUT2D eigenvalue weighted by Crippen LogP contribution is -2.17. The molecule has 2 heterocycles. The van der Waals surface area contributed by atoms with Crippen molar-refractivity contribution < 1.29 is 0 Å². The van der Waals surface area contributed by atoms with E-state index >= 15 is 0 Å². The van der Waals surface area contributed by atoms with E-state index in [-0.39, 0.29) is 11.2 Å². The number of fused-ring (bicyclic) bond motifs is 1. The second-order valence-electron chi connectivity index (χ2n) is 2.95. The maximum absolute atomic E-state index is 11.5. The van der Waals surface area contributed by atoms with Gasteiger partial charge in [0.1, 0.15) is 0 Å². The molecule has 14 heavy (non-hydrogen) atoms. The summed E-state index contributed by atoms with van der Waals surface area (Å²) in [5.41, 5.74) is 5.88. The fraction of sp³-hybridized carbons (Fsp3) is 0.286. The SMILES string of the molecule is Cn1c(N)nc(=O)c2c1nc(Cl)n2C. The largest absolute Gasteiger partial charge is 0.369 e. The van der Waals surface area contributed by atoms with Crippen LogP contribution in [0.4, 0.5) is 5.95 Å². The van der Waals surface area contributed by atoms with E-state index in [0.29, 0.717) is 11.2 Å². The van der Waals surface area contributed by atoms with Crippen LogP contribution in [0.3, 0.4) is 0 Å². The van der Waals surface area contributed by atoms with Crippen LogP contribution in [-0.2, 0) is 14.1 Å². The molecular formula is C7H8ClN5O. The number of nitrogens with two attached hydrogens (primary N) is 1. The average molecular weight is 214 g/mol. The number of nitrogens with zero attached hydrogens (tertiary/aromatic N) is 4. The highest BCUT2D eigenvalue weighted by molar-refractivity contribution is 6.29. The number of nitrogen functional groups attached to an aromatic ring is 1. The number of halogens is 1. The summed E-state index contributed by atoms with van der Waals surface area (Å²) in [6.45, 7) is 0. The zero-order valence-corrected chi connectivity index (χ0v) is 8.41. The molecule has 2 aromatic heterocycles. The Balaban J connectivity index is 3.10. The lowest BCUT2D eigenvalue weighted by Gasteiger charge is -2.02. The molecule has 0 saturated carbocycles. The van der Waals surface area contributed by atoms with Gasteiger partial charge in [-0.2, -0.15) is 9.97 Å². The van der Waals surface area contributed by atoms with Crippen LogP contribution in [0, 0.1) is 0 Å². The normalized spacial score (nSPS) is 11.1. The number of anilines is 1. The topological polar surface area (TPSA) is 78.7 Å². The smallest absolute Gasteiger partial charge is 0.300 e. The lowest BCUT2D eigenvalue weighted by molar-refractivity contribution is 0.901. The molecule has 0 spiro atoms. The first kappa shape index (κ1) is 9.01. The number of aromatic nitrogens is 4. The molecule has 0 aliphatic carbocycles. The molecule has 0 saturated heterocycles. The van der Waals surface area contributed by atoms with Gasteiger partial charge < -0.3 is 10.3 Å². The summed E-state index contributed by atoms with van der Waals surface area (Å²) in [5.74, 6) is 0.122. The van der Waals surface area contributed by atoms with Crippen molar-refractivity contribution in [3.05, 3.63) is 15.6 Å². The molecule has 0 amide bonds. The van der Waals surface area contributed by atoms with Crippen LogP contribution < -0.4 is 11.3 Å². The molecule has 2 rings (SSSR count). The highest BCUT2D eigenvalue weighted by atomic mass is 35.5. The van der Waals surface area contributed by atoms with Crippen molar-refractivity contribution >= 4 is 28.7 Å². The molecule has 0 aromatic carbocycles. The molecule has 6 nitrogen and oxygen atoms in total. The maximum atomic E-state index is 11.5. The van der Waals surface area contributed by atoms with Gasteiger partial charge in [0.2, 0.25) is 11.2 Å². The number of hydrogen-bond donors (Lipinski definition) is 1. The highest BCUT2D eigenvalue weighted by Gasteiger charge is 2.13. The Morgan fingerprint density at radius 3 is 2.57 bits per heavy atom. The van der Waals surface area contributed by atoms with Crippen molar-refractivity contribution in [3.8, 4) is 0 Å². The summed E-state index contributed by atoms with van der Waals surface area (Å²) in [5, 5.41) is 0.236. The Hall–Kier alpha value is -1.56. The lowest BCUT2D eigenvalue weighted by atomic mass is 10.5. The number of hydrogen-bond acceptors (Lipinski definition) is 4. The Morgan fingerprint density at radius 2 is 1.93 bits per heavy atom. The van der Waals surface area contributed by atoms with E-state index in [9.17, 15) is 4.79 Å². The van der Waals surface area contributed by atoms with Gasteiger partial charge in [0.05, 0.1) is 0 Å². The third kappa shape index (κ3) is 1.00. The van der Waals surface area contributed by atoms with Crippen molar-refractivity contribution in [2.45, 2.75) is 0 Å². The zero-order chi connectivity index (χ0) is 10.5. The summed E-state index contributed by atoms with van der Waals surface area (Å²) in [7, 11) is 3.32. The third-order valence-electron chi connectivity index (χ3n) is 2.10. The van der Waals surface area contributed by atoms with Gasteiger partial charge in [-0.15, -0.1) is 0 Å². The van der Waals surface area contributed by atoms with Gasteiger partial charge in [-0.3, -0.25) is 9.36 Å². The molecule has 0 radical (unpaired) electrons. The monoisotopic (exact) mass is 213 g/mol. The highest BCUT2D eigenvalue weighted by Crippen LogP contribution is 2.14. The van der Waals surface area contributed by atoms with Crippen LogP contribution in [0.5, 0.6) is 0 Å². The van der Waals surface area contributed by atoms with Crippen LogP contribution in [0.1, 0.15) is 0 Å². The Kier molecular flexibility index (Phi) is 1.75. The van der Waals surface area contributed by atoms with Gasteiger partial charge in [-0.1, -0.05) is 0 Å². The molecular weight excluding hydrogens is 206 g/mol. The molecule has 74 valence electrons. The van der Waals surface area contributed by atoms with Crippen molar-refractivity contribution in [3.63, 3.8) is 0 Å². The predicted molar refractivity (Wildman–Crippen MR) is 53.2 cm³/mol. The molecule has 0 aliphatic heterocycles. The van der Waals surface area contributed by atoms with Gasteiger partial charge in [0.25, 0.3) is 0 Å². The van der Waals surface area contributed by atoms with Gasteiger partial charge in [-0.25, -0.2) is 0 Å². The average Bonchev–Trinajstić information content (AvgIpc) is 2.40. The first-order valence-corrected chi connectivity index (χ1v) is 4.24. The van der Waals surface area contributed by atoms with Crippen molar-refractivity contribution in [1.29, 1.82) is 0 Å². The maximum Gasteiger partial charge on any atom is 0.300 e. The summed E-state index contributed by atoms with van der Waals surface area (Å²) < 4.78 is 2.99. The first-order chi connectivity index (χ1) is 6.52. The van der Waals surface area contributed by atoms with E-state index in [0.717, 1.165) is 0 Å². The number of imidazole rings is 1. The first-order valence-electron chi connectivity index (χ1n) is 3.87. The Bertz CT molecular complexity index is 569. The van der Waals surface area contributed by atoms with Crippen LogP contribution in [-0.4, -0.2) is 19.1 Å². The summed E-state index contributed by atoms with van der Waals surface area (Å²) >= 11 is 5.78. The fourth-order valence-corrected chi connectivity index (χ4v) is 1.44. The number of aryl methyl sites for hydroxylation is 2. The summed E-state index contributed by atoms with van der Waals surface area (Å²) in [6, 6.07) is 0. The van der Waals surface area contributed by atoms with Gasteiger partial charge in [0.15, 0.2) is 11.2 Å². The van der Waals surface area contributed by atoms with Crippen LogP contribution in [0.2, 0.25) is 5.28 Å². The van der Waals surface area contributed by atoms with Gasteiger partial charge in [0, 0.05) is 14.1 Å². The van der Waals surface area contributed by atoms with Gasteiger partial charge >= 0.3 is 5.56 Å². The van der Waals surface area contributed by atoms with E-state index in [1.54, 1.807) is 14.1 Å². The fourth-order valence-electron chi connectivity index (χ4n) is 1.27. The minimum atomic E-state index is -0.419. The van der Waals surface area contributed by atoms with E-state index in [1.807, 2.05) is 0 Å². The molecule has 0 bridgehead atoms. The van der Waals surface area contributed by atoms with E-state index < -0.39 is 5.56 Å².